The van der Waals surface area contributed by atoms with Crippen LogP contribution >= 0.6 is 0 Å². The number of likely N-dealkylation sites (N-methyl/N-ethyl adjacent to an activating group) is 1. The summed E-state index contributed by atoms with van der Waals surface area (Å²) in [5.74, 6) is 0.169. The molecule has 0 spiro atoms. The van der Waals surface area contributed by atoms with Gasteiger partial charge in [-0.05, 0) is 13.5 Å². The van der Waals surface area contributed by atoms with Gasteiger partial charge in [-0.1, -0.05) is 6.92 Å². The lowest BCUT2D eigenvalue weighted by atomic mass is 10.4. The van der Waals surface area contributed by atoms with E-state index in [1.54, 1.807) is 6.92 Å². The summed E-state index contributed by atoms with van der Waals surface area (Å²) in [5, 5.41) is 3.02. The minimum atomic E-state index is 0.169. The SMILES string of the molecule is CCCN(CCNC)C(C)=O. The number of nitrogens with one attached hydrogen (secondary N) is 1. The molecule has 3 nitrogen and oxygen atoms in total. The minimum Gasteiger partial charge on any atom is -0.342 e. The Kier molecular flexibility index (Phi) is 5.84. The number of carbonyl (C=O) groups excluding carboxylic acids is 1. The molecule has 0 atom stereocenters. The summed E-state index contributed by atoms with van der Waals surface area (Å²) in [6, 6.07) is 0. The molecule has 0 heterocycles. The Morgan fingerprint density at radius 2 is 2.09 bits per heavy atom. The van der Waals surface area contributed by atoms with E-state index in [0.717, 1.165) is 26.1 Å². The summed E-state index contributed by atoms with van der Waals surface area (Å²) < 4.78 is 0. The van der Waals surface area contributed by atoms with Crippen molar-refractivity contribution in [1.82, 2.24) is 10.2 Å². The Morgan fingerprint density at radius 3 is 2.45 bits per heavy atom. The number of carbonyl (C=O) groups is 1. The molecular formula is C8H18N2O. The van der Waals surface area contributed by atoms with Crippen LogP contribution in [0.1, 0.15) is 20.3 Å². The smallest absolute Gasteiger partial charge is 0.219 e. The van der Waals surface area contributed by atoms with Crippen molar-refractivity contribution in [3.8, 4) is 0 Å². The number of nitrogens with zero attached hydrogens (tertiary/aromatic N) is 1. The summed E-state index contributed by atoms with van der Waals surface area (Å²) in [6.07, 6.45) is 1.03. The molecular weight excluding hydrogens is 140 g/mol. The molecule has 0 aliphatic heterocycles. The fourth-order valence-electron chi connectivity index (χ4n) is 0.943. The number of amides is 1. The van der Waals surface area contributed by atoms with Gasteiger partial charge in [-0.25, -0.2) is 0 Å². The normalized spacial score (nSPS) is 9.73. The van der Waals surface area contributed by atoms with Gasteiger partial charge in [0, 0.05) is 26.6 Å². The highest BCUT2D eigenvalue weighted by Gasteiger charge is 2.04. The molecule has 1 amide bonds. The first-order valence-electron chi connectivity index (χ1n) is 4.12. The molecule has 0 radical (unpaired) electrons. The van der Waals surface area contributed by atoms with Gasteiger partial charge in [-0.15, -0.1) is 0 Å². The zero-order valence-corrected chi connectivity index (χ0v) is 7.68. The average Bonchev–Trinajstić information content (AvgIpc) is 1.97. The van der Waals surface area contributed by atoms with Gasteiger partial charge in [0.15, 0.2) is 0 Å². The summed E-state index contributed by atoms with van der Waals surface area (Å²) in [4.78, 5) is 12.8. The van der Waals surface area contributed by atoms with Gasteiger partial charge >= 0.3 is 0 Å². The van der Waals surface area contributed by atoms with E-state index in [0.29, 0.717) is 0 Å². The predicted molar refractivity (Wildman–Crippen MR) is 46.5 cm³/mol. The van der Waals surface area contributed by atoms with Gasteiger partial charge in [0.05, 0.1) is 0 Å². The van der Waals surface area contributed by atoms with E-state index < -0.39 is 0 Å². The van der Waals surface area contributed by atoms with Crippen LogP contribution in [0.15, 0.2) is 0 Å². The third-order valence-electron chi connectivity index (χ3n) is 1.57. The van der Waals surface area contributed by atoms with Crippen molar-refractivity contribution >= 4 is 5.91 Å². The van der Waals surface area contributed by atoms with E-state index in [2.05, 4.69) is 12.2 Å². The molecule has 0 rings (SSSR count). The van der Waals surface area contributed by atoms with E-state index in [-0.39, 0.29) is 5.91 Å². The van der Waals surface area contributed by atoms with Crippen LogP contribution in [0.5, 0.6) is 0 Å². The van der Waals surface area contributed by atoms with Gasteiger partial charge in [-0.3, -0.25) is 4.79 Å². The van der Waals surface area contributed by atoms with Crippen LogP contribution in [-0.4, -0.2) is 37.5 Å². The van der Waals surface area contributed by atoms with E-state index >= 15 is 0 Å². The fraction of sp³-hybridized carbons (Fsp3) is 0.875. The molecule has 1 N–H and O–H groups in total. The van der Waals surface area contributed by atoms with E-state index in [9.17, 15) is 4.79 Å². The zero-order valence-electron chi connectivity index (χ0n) is 7.68. The topological polar surface area (TPSA) is 32.3 Å². The van der Waals surface area contributed by atoms with Crippen LogP contribution in [0.2, 0.25) is 0 Å². The molecule has 0 aliphatic rings. The van der Waals surface area contributed by atoms with Crippen LogP contribution in [0.25, 0.3) is 0 Å². The monoisotopic (exact) mass is 158 g/mol. The Morgan fingerprint density at radius 1 is 1.45 bits per heavy atom. The van der Waals surface area contributed by atoms with Gasteiger partial charge in [0.2, 0.25) is 5.91 Å². The molecule has 0 saturated heterocycles. The van der Waals surface area contributed by atoms with Crippen molar-refractivity contribution in [2.45, 2.75) is 20.3 Å². The van der Waals surface area contributed by atoms with Gasteiger partial charge in [0.1, 0.15) is 0 Å². The van der Waals surface area contributed by atoms with E-state index in [1.165, 1.54) is 0 Å². The predicted octanol–water partition coefficient (Wildman–Crippen LogP) is 0.464. The Labute approximate surface area is 68.8 Å². The largest absolute Gasteiger partial charge is 0.342 e. The van der Waals surface area contributed by atoms with Crippen molar-refractivity contribution in [1.29, 1.82) is 0 Å². The molecule has 0 aromatic carbocycles. The highest BCUT2D eigenvalue weighted by molar-refractivity contribution is 5.73. The second-order valence-electron chi connectivity index (χ2n) is 2.61. The standard InChI is InChI=1S/C8H18N2O/c1-4-6-10(8(2)11)7-5-9-3/h9H,4-7H2,1-3H3. The summed E-state index contributed by atoms with van der Waals surface area (Å²) in [5.41, 5.74) is 0. The molecule has 0 saturated carbocycles. The van der Waals surface area contributed by atoms with E-state index in [1.807, 2.05) is 11.9 Å². The summed E-state index contributed by atoms with van der Waals surface area (Å²) in [6.45, 7) is 6.26. The molecule has 11 heavy (non-hydrogen) atoms. The summed E-state index contributed by atoms with van der Waals surface area (Å²) >= 11 is 0. The molecule has 66 valence electrons. The van der Waals surface area contributed by atoms with Crippen LogP contribution in [-0.2, 0) is 4.79 Å². The quantitative estimate of drug-likeness (QED) is 0.630. The lowest BCUT2D eigenvalue weighted by Gasteiger charge is -2.19. The van der Waals surface area contributed by atoms with Crippen LogP contribution < -0.4 is 5.32 Å². The first kappa shape index (κ1) is 10.4. The number of hydrogen-bond acceptors (Lipinski definition) is 2. The molecule has 0 bridgehead atoms. The van der Waals surface area contributed by atoms with Crippen molar-refractivity contribution < 1.29 is 4.79 Å². The second kappa shape index (κ2) is 6.16. The van der Waals surface area contributed by atoms with Crippen molar-refractivity contribution in [2.75, 3.05) is 26.7 Å². The highest BCUT2D eigenvalue weighted by Crippen LogP contribution is 1.90. The van der Waals surface area contributed by atoms with E-state index in [4.69, 9.17) is 0 Å². The molecule has 0 aromatic heterocycles. The third kappa shape index (κ3) is 4.79. The summed E-state index contributed by atoms with van der Waals surface area (Å²) in [7, 11) is 1.89. The molecule has 0 aliphatic carbocycles. The Hall–Kier alpha value is -0.570. The fourth-order valence-corrected chi connectivity index (χ4v) is 0.943. The van der Waals surface area contributed by atoms with Crippen LogP contribution in [0.4, 0.5) is 0 Å². The van der Waals surface area contributed by atoms with Crippen molar-refractivity contribution in [3.63, 3.8) is 0 Å². The minimum absolute atomic E-state index is 0.169. The van der Waals surface area contributed by atoms with Crippen molar-refractivity contribution in [3.05, 3.63) is 0 Å². The maximum Gasteiger partial charge on any atom is 0.219 e. The number of rotatable bonds is 5. The Bertz CT molecular complexity index is 115. The van der Waals surface area contributed by atoms with Gasteiger partial charge in [0.25, 0.3) is 0 Å². The lowest BCUT2D eigenvalue weighted by Crippen LogP contribution is -2.35. The first-order chi connectivity index (χ1) is 5.22. The third-order valence-corrected chi connectivity index (χ3v) is 1.57. The van der Waals surface area contributed by atoms with Gasteiger partial charge < -0.3 is 10.2 Å². The first-order valence-corrected chi connectivity index (χ1v) is 4.12. The lowest BCUT2D eigenvalue weighted by molar-refractivity contribution is -0.128. The van der Waals surface area contributed by atoms with Gasteiger partial charge in [-0.2, -0.15) is 0 Å². The second-order valence-corrected chi connectivity index (χ2v) is 2.61. The van der Waals surface area contributed by atoms with Crippen LogP contribution in [0.3, 0.4) is 0 Å². The van der Waals surface area contributed by atoms with Crippen LogP contribution in [0, 0.1) is 0 Å². The molecule has 0 unspecified atom stereocenters. The maximum atomic E-state index is 10.9. The maximum absolute atomic E-state index is 10.9. The average molecular weight is 158 g/mol. The highest BCUT2D eigenvalue weighted by atomic mass is 16.2. The molecule has 0 aromatic rings. The zero-order chi connectivity index (χ0) is 8.69. The van der Waals surface area contributed by atoms with Crippen molar-refractivity contribution in [2.24, 2.45) is 0 Å². The Balaban J connectivity index is 3.60. The molecule has 0 fully saturated rings. The number of hydrogen-bond donors (Lipinski definition) is 1. The molecule has 3 heteroatoms.